The molecule has 3 unspecified atom stereocenters. The molecule has 0 fully saturated rings. The summed E-state index contributed by atoms with van der Waals surface area (Å²) in [4.78, 5) is 0. The number of rotatable bonds is 5. The van der Waals surface area contributed by atoms with E-state index < -0.39 is 6.10 Å². The van der Waals surface area contributed by atoms with E-state index in [-0.39, 0.29) is 12.1 Å². The minimum absolute atomic E-state index is 0.0649. The lowest BCUT2D eigenvalue weighted by Gasteiger charge is -2.23. The van der Waals surface area contributed by atoms with Crippen LogP contribution in [0.2, 0.25) is 0 Å². The van der Waals surface area contributed by atoms with Crippen molar-refractivity contribution >= 4 is 15.9 Å². The molecule has 4 heteroatoms. The number of benzene rings is 1. The van der Waals surface area contributed by atoms with Gasteiger partial charge in [0.05, 0.1) is 18.4 Å². The van der Waals surface area contributed by atoms with Gasteiger partial charge in [-0.3, -0.25) is 0 Å². The van der Waals surface area contributed by atoms with Gasteiger partial charge in [0.15, 0.2) is 0 Å². The van der Waals surface area contributed by atoms with Gasteiger partial charge in [0.2, 0.25) is 0 Å². The Hall–Kier alpha value is -1.10. The zero-order valence-corrected chi connectivity index (χ0v) is 12.6. The zero-order valence-electron chi connectivity index (χ0n) is 11.0. The van der Waals surface area contributed by atoms with Crippen molar-refractivity contribution in [2.24, 2.45) is 0 Å². The summed E-state index contributed by atoms with van der Waals surface area (Å²) in [6, 6.07) is 11.5. The number of aliphatic hydroxyl groups is 1. The normalized spacial score (nSPS) is 16.0. The van der Waals surface area contributed by atoms with E-state index in [4.69, 9.17) is 4.42 Å². The molecular formula is C15H18BrNO2. The lowest BCUT2D eigenvalue weighted by Crippen LogP contribution is -2.34. The van der Waals surface area contributed by atoms with Crippen molar-refractivity contribution in [3.05, 3.63) is 58.5 Å². The fraction of sp³-hybridized carbons (Fsp3) is 0.333. The highest BCUT2D eigenvalue weighted by atomic mass is 79.9. The SMILES string of the molecule is CC(NC(C)C(O)c1ccc(Br)cc1)c1ccco1. The van der Waals surface area contributed by atoms with Crippen molar-refractivity contribution in [3.63, 3.8) is 0 Å². The number of halogens is 1. The van der Waals surface area contributed by atoms with Crippen molar-refractivity contribution in [1.29, 1.82) is 0 Å². The molecule has 0 saturated heterocycles. The lowest BCUT2D eigenvalue weighted by molar-refractivity contribution is 0.128. The average molecular weight is 324 g/mol. The van der Waals surface area contributed by atoms with Crippen LogP contribution < -0.4 is 5.32 Å². The van der Waals surface area contributed by atoms with E-state index in [1.165, 1.54) is 0 Å². The van der Waals surface area contributed by atoms with Gasteiger partial charge >= 0.3 is 0 Å². The van der Waals surface area contributed by atoms with Crippen molar-refractivity contribution in [2.75, 3.05) is 0 Å². The Morgan fingerprint density at radius 2 is 1.84 bits per heavy atom. The predicted octanol–water partition coefficient (Wildman–Crippen LogP) is 3.81. The molecule has 3 nitrogen and oxygen atoms in total. The third-order valence-electron chi connectivity index (χ3n) is 3.17. The van der Waals surface area contributed by atoms with E-state index in [2.05, 4.69) is 21.2 Å². The molecule has 102 valence electrons. The molecule has 0 spiro atoms. The second-order valence-electron chi connectivity index (χ2n) is 4.69. The first-order chi connectivity index (χ1) is 9.08. The summed E-state index contributed by atoms with van der Waals surface area (Å²) in [5.74, 6) is 0.870. The molecule has 2 aromatic rings. The Bertz CT molecular complexity index is 495. The van der Waals surface area contributed by atoms with Crippen molar-refractivity contribution in [1.82, 2.24) is 5.32 Å². The molecule has 0 aliphatic heterocycles. The highest BCUT2D eigenvalue weighted by molar-refractivity contribution is 9.10. The Labute approximate surface area is 121 Å². The quantitative estimate of drug-likeness (QED) is 0.879. The van der Waals surface area contributed by atoms with Crippen molar-refractivity contribution in [3.8, 4) is 0 Å². The average Bonchev–Trinajstić information content (AvgIpc) is 2.92. The minimum Gasteiger partial charge on any atom is -0.468 e. The van der Waals surface area contributed by atoms with Gasteiger partial charge in [-0.25, -0.2) is 0 Å². The van der Waals surface area contributed by atoms with Crippen molar-refractivity contribution < 1.29 is 9.52 Å². The summed E-state index contributed by atoms with van der Waals surface area (Å²) in [6.45, 7) is 3.98. The van der Waals surface area contributed by atoms with Gasteiger partial charge in [-0.2, -0.15) is 0 Å². The minimum atomic E-state index is -0.550. The topological polar surface area (TPSA) is 45.4 Å². The van der Waals surface area contributed by atoms with Crippen molar-refractivity contribution in [2.45, 2.75) is 32.0 Å². The summed E-state index contributed by atoms with van der Waals surface area (Å²) in [5, 5.41) is 13.7. The third-order valence-corrected chi connectivity index (χ3v) is 3.70. The van der Waals surface area contributed by atoms with Crippen LogP contribution in [0.4, 0.5) is 0 Å². The molecule has 1 heterocycles. The smallest absolute Gasteiger partial charge is 0.120 e. The summed E-state index contributed by atoms with van der Waals surface area (Å²) >= 11 is 3.39. The molecule has 2 N–H and O–H groups in total. The number of hydrogen-bond donors (Lipinski definition) is 2. The van der Waals surface area contributed by atoms with Crippen LogP contribution in [0.3, 0.4) is 0 Å². The molecule has 3 atom stereocenters. The van der Waals surface area contributed by atoms with Crippen LogP contribution in [0.5, 0.6) is 0 Å². The fourth-order valence-electron chi connectivity index (χ4n) is 2.05. The van der Waals surface area contributed by atoms with E-state index in [9.17, 15) is 5.11 Å². The van der Waals surface area contributed by atoms with Gasteiger partial charge < -0.3 is 14.8 Å². The molecule has 1 aromatic heterocycles. The second kappa shape index (κ2) is 6.37. The van der Waals surface area contributed by atoms with Gasteiger partial charge in [-0.05, 0) is 43.7 Å². The maximum absolute atomic E-state index is 10.3. The van der Waals surface area contributed by atoms with E-state index in [1.54, 1.807) is 6.26 Å². The van der Waals surface area contributed by atoms with E-state index in [0.29, 0.717) is 0 Å². The first kappa shape index (κ1) is 14.3. The highest BCUT2D eigenvalue weighted by Crippen LogP contribution is 2.22. The molecule has 0 amide bonds. The molecule has 0 saturated carbocycles. The number of nitrogens with one attached hydrogen (secondary N) is 1. The standard InChI is InChI=1S/C15H18BrNO2/c1-10(14-4-3-9-19-14)17-11(2)15(18)12-5-7-13(16)8-6-12/h3-11,15,17-18H,1-2H3. The largest absolute Gasteiger partial charge is 0.468 e. The monoisotopic (exact) mass is 323 g/mol. The zero-order chi connectivity index (χ0) is 13.8. The van der Waals surface area contributed by atoms with E-state index in [0.717, 1.165) is 15.8 Å². The van der Waals surface area contributed by atoms with Crippen LogP contribution in [0.1, 0.15) is 37.3 Å². The molecule has 0 aliphatic carbocycles. The summed E-state index contributed by atoms with van der Waals surface area (Å²) in [5.41, 5.74) is 0.898. The molecule has 1 aromatic carbocycles. The van der Waals surface area contributed by atoms with Gasteiger partial charge in [-0.15, -0.1) is 0 Å². The summed E-state index contributed by atoms with van der Waals surface area (Å²) in [7, 11) is 0. The number of furan rings is 1. The van der Waals surface area contributed by atoms with Crippen LogP contribution in [0, 0.1) is 0 Å². The molecule has 2 rings (SSSR count). The van der Waals surface area contributed by atoms with Crippen LogP contribution >= 0.6 is 15.9 Å². The highest BCUT2D eigenvalue weighted by Gasteiger charge is 2.19. The van der Waals surface area contributed by atoms with Gasteiger partial charge in [0, 0.05) is 10.5 Å². The Morgan fingerprint density at radius 3 is 2.42 bits per heavy atom. The fourth-order valence-corrected chi connectivity index (χ4v) is 2.32. The van der Waals surface area contributed by atoms with E-state index >= 15 is 0 Å². The third kappa shape index (κ3) is 3.69. The van der Waals surface area contributed by atoms with Crippen LogP contribution in [0.15, 0.2) is 51.6 Å². The molecule has 0 aliphatic rings. The molecule has 19 heavy (non-hydrogen) atoms. The first-order valence-corrected chi connectivity index (χ1v) is 7.10. The molecular weight excluding hydrogens is 306 g/mol. The Morgan fingerprint density at radius 1 is 1.16 bits per heavy atom. The van der Waals surface area contributed by atoms with Crippen LogP contribution in [-0.4, -0.2) is 11.1 Å². The maximum Gasteiger partial charge on any atom is 0.120 e. The first-order valence-electron chi connectivity index (χ1n) is 6.31. The number of aliphatic hydroxyl groups excluding tert-OH is 1. The Kier molecular flexibility index (Phi) is 4.80. The van der Waals surface area contributed by atoms with Crippen LogP contribution in [-0.2, 0) is 0 Å². The van der Waals surface area contributed by atoms with Gasteiger partial charge in [-0.1, -0.05) is 28.1 Å². The lowest BCUT2D eigenvalue weighted by atomic mass is 10.0. The van der Waals surface area contributed by atoms with Gasteiger partial charge in [0.25, 0.3) is 0 Å². The maximum atomic E-state index is 10.3. The summed E-state index contributed by atoms with van der Waals surface area (Å²) in [6.07, 6.45) is 1.11. The van der Waals surface area contributed by atoms with Gasteiger partial charge in [0.1, 0.15) is 5.76 Å². The number of hydrogen-bond acceptors (Lipinski definition) is 3. The van der Waals surface area contributed by atoms with E-state index in [1.807, 2.05) is 50.2 Å². The summed E-state index contributed by atoms with van der Waals surface area (Å²) < 4.78 is 6.35. The predicted molar refractivity (Wildman–Crippen MR) is 78.8 cm³/mol. The second-order valence-corrected chi connectivity index (χ2v) is 5.60. The van der Waals surface area contributed by atoms with Crippen LogP contribution in [0.25, 0.3) is 0 Å². The Balaban J connectivity index is 1.99. The molecule has 0 radical (unpaired) electrons. The molecule has 0 bridgehead atoms.